The topological polar surface area (TPSA) is 89.2 Å². The minimum Gasteiger partial charge on any atom is -0.502 e. The van der Waals surface area contributed by atoms with Crippen LogP contribution in [0.4, 0.5) is 0 Å². The zero-order valence-electron chi connectivity index (χ0n) is 14.5. The summed E-state index contributed by atoms with van der Waals surface area (Å²) in [5.41, 5.74) is 0.280. The van der Waals surface area contributed by atoms with Crippen LogP contribution in [0.25, 0.3) is 0 Å². The van der Waals surface area contributed by atoms with E-state index in [0.717, 1.165) is 5.56 Å². The first-order valence-electron chi connectivity index (χ1n) is 8.32. The Morgan fingerprint density at radius 1 is 1.42 bits per heavy atom. The molecule has 2 aromatic heterocycles. The first kappa shape index (κ1) is 18.6. The van der Waals surface area contributed by atoms with Crippen molar-refractivity contribution < 1.29 is 23.8 Å². The number of morpholine rings is 1. The fraction of sp³-hybridized carbons (Fsp3) is 0.444. The second-order valence-corrected chi connectivity index (χ2v) is 6.81. The van der Waals surface area contributed by atoms with Crippen LogP contribution < -0.4 is 5.43 Å². The fourth-order valence-corrected chi connectivity index (χ4v) is 3.67. The van der Waals surface area contributed by atoms with Crippen LogP contribution in [0, 0.1) is 0 Å². The average Bonchev–Trinajstić information content (AvgIpc) is 3.18. The molecule has 0 unspecified atom stereocenters. The van der Waals surface area contributed by atoms with Gasteiger partial charge in [-0.05, 0) is 22.4 Å². The summed E-state index contributed by atoms with van der Waals surface area (Å²) in [7, 11) is 1.49. The molecule has 26 heavy (non-hydrogen) atoms. The Morgan fingerprint density at radius 2 is 2.19 bits per heavy atom. The molecule has 0 spiro atoms. The maximum Gasteiger partial charge on any atom is 0.227 e. The maximum atomic E-state index is 12.7. The number of carbonyl (C=O) groups excluding carboxylic acids is 1. The largest absolute Gasteiger partial charge is 0.502 e. The van der Waals surface area contributed by atoms with Gasteiger partial charge in [-0.25, -0.2) is 0 Å². The third-order valence-electron chi connectivity index (χ3n) is 4.29. The van der Waals surface area contributed by atoms with Gasteiger partial charge in [0.2, 0.25) is 17.1 Å². The normalized spacial score (nSPS) is 15.8. The zero-order chi connectivity index (χ0) is 18.5. The summed E-state index contributed by atoms with van der Waals surface area (Å²) in [5.74, 6) is -0.658. The summed E-state index contributed by atoms with van der Waals surface area (Å²) in [4.78, 5) is 26.6. The fourth-order valence-electron chi connectivity index (χ4n) is 2.96. The van der Waals surface area contributed by atoms with E-state index < -0.39 is 17.1 Å². The quantitative estimate of drug-likeness (QED) is 0.825. The number of hydrogen-bond donors (Lipinski definition) is 1. The Bertz CT molecular complexity index is 795. The van der Waals surface area contributed by atoms with Crippen LogP contribution in [-0.4, -0.2) is 49.3 Å². The van der Waals surface area contributed by atoms with Crippen molar-refractivity contribution >= 4 is 17.2 Å². The van der Waals surface area contributed by atoms with Gasteiger partial charge >= 0.3 is 0 Å². The van der Waals surface area contributed by atoms with E-state index in [0.29, 0.717) is 32.1 Å². The molecule has 7 nitrogen and oxygen atoms in total. The van der Waals surface area contributed by atoms with E-state index in [1.165, 1.54) is 24.5 Å². The van der Waals surface area contributed by atoms with Crippen molar-refractivity contribution in [3.8, 4) is 5.75 Å². The minimum atomic E-state index is -0.544. The van der Waals surface area contributed by atoms with Crippen LogP contribution in [0.5, 0.6) is 5.75 Å². The summed E-state index contributed by atoms with van der Waals surface area (Å²) in [6, 6.07) is 3.07. The predicted octanol–water partition coefficient (Wildman–Crippen LogP) is 1.93. The lowest BCUT2D eigenvalue weighted by Crippen LogP contribution is -2.41. The van der Waals surface area contributed by atoms with E-state index >= 15 is 0 Å². The molecule has 1 fully saturated rings. The van der Waals surface area contributed by atoms with Gasteiger partial charge in [0, 0.05) is 32.7 Å². The lowest BCUT2D eigenvalue weighted by atomic mass is 9.93. The highest BCUT2D eigenvalue weighted by Crippen LogP contribution is 2.34. The average molecular weight is 379 g/mol. The lowest BCUT2D eigenvalue weighted by Gasteiger charge is -2.28. The summed E-state index contributed by atoms with van der Waals surface area (Å²) in [5, 5.41) is 14.1. The van der Waals surface area contributed by atoms with Gasteiger partial charge in [-0.2, -0.15) is 11.3 Å². The van der Waals surface area contributed by atoms with E-state index in [1.54, 1.807) is 4.90 Å². The van der Waals surface area contributed by atoms with E-state index in [4.69, 9.17) is 13.9 Å². The van der Waals surface area contributed by atoms with E-state index in [1.807, 2.05) is 16.8 Å². The first-order valence-corrected chi connectivity index (χ1v) is 9.27. The van der Waals surface area contributed by atoms with Gasteiger partial charge in [0.15, 0.2) is 5.76 Å². The van der Waals surface area contributed by atoms with Crippen molar-refractivity contribution in [3.63, 3.8) is 0 Å². The SMILES string of the molecule is COCc1cc(=O)c(O)c([C@@H](CC(=O)N2CCOCC2)c2ccsc2)o1. The molecule has 1 aliphatic heterocycles. The predicted molar refractivity (Wildman–Crippen MR) is 95.5 cm³/mol. The number of thiophene rings is 1. The second kappa shape index (κ2) is 8.48. The highest BCUT2D eigenvalue weighted by atomic mass is 32.1. The van der Waals surface area contributed by atoms with Gasteiger partial charge in [0.1, 0.15) is 12.4 Å². The molecular weight excluding hydrogens is 358 g/mol. The number of rotatable bonds is 6. The highest BCUT2D eigenvalue weighted by Gasteiger charge is 2.29. The molecule has 8 heteroatoms. The van der Waals surface area contributed by atoms with Crippen LogP contribution in [0.2, 0.25) is 0 Å². The third kappa shape index (κ3) is 4.14. The molecule has 140 valence electrons. The van der Waals surface area contributed by atoms with Gasteiger partial charge < -0.3 is 23.9 Å². The van der Waals surface area contributed by atoms with Gasteiger partial charge in [-0.3, -0.25) is 9.59 Å². The van der Waals surface area contributed by atoms with Crippen molar-refractivity contribution in [1.29, 1.82) is 0 Å². The summed E-state index contributed by atoms with van der Waals surface area (Å²) >= 11 is 1.48. The number of hydrogen-bond acceptors (Lipinski definition) is 7. The molecule has 0 radical (unpaired) electrons. The number of ether oxygens (including phenoxy) is 2. The highest BCUT2D eigenvalue weighted by molar-refractivity contribution is 7.08. The number of methoxy groups -OCH3 is 1. The molecule has 1 atom stereocenters. The Morgan fingerprint density at radius 3 is 2.85 bits per heavy atom. The molecule has 0 aromatic carbocycles. The molecule has 0 bridgehead atoms. The van der Waals surface area contributed by atoms with Crippen molar-refractivity contribution in [3.05, 3.63) is 50.2 Å². The minimum absolute atomic E-state index is 0.0660. The van der Waals surface area contributed by atoms with Crippen molar-refractivity contribution in [1.82, 2.24) is 4.90 Å². The number of carbonyl (C=O) groups is 1. The van der Waals surface area contributed by atoms with Gasteiger partial charge in [-0.15, -0.1) is 0 Å². The Balaban J connectivity index is 1.94. The molecule has 1 saturated heterocycles. The smallest absolute Gasteiger partial charge is 0.227 e. The molecule has 1 amide bonds. The summed E-state index contributed by atoms with van der Waals surface area (Å²) in [6.07, 6.45) is 0.101. The van der Waals surface area contributed by atoms with Crippen LogP contribution in [-0.2, 0) is 20.9 Å². The maximum absolute atomic E-state index is 12.7. The number of aromatic hydroxyl groups is 1. The molecule has 0 saturated carbocycles. The standard InChI is InChI=1S/C18H21NO6S/c1-23-10-13-8-15(20)17(22)18(25-13)14(12-2-7-26-11-12)9-16(21)19-3-5-24-6-4-19/h2,7-8,11,14,22H,3-6,9-10H2,1H3/t14-/m0/s1. The lowest BCUT2D eigenvalue weighted by molar-refractivity contribution is -0.135. The van der Waals surface area contributed by atoms with Crippen LogP contribution in [0.15, 0.2) is 32.1 Å². The van der Waals surface area contributed by atoms with Crippen molar-refractivity contribution in [2.45, 2.75) is 18.9 Å². The third-order valence-corrected chi connectivity index (χ3v) is 4.99. The molecule has 3 rings (SSSR count). The van der Waals surface area contributed by atoms with E-state index in [9.17, 15) is 14.7 Å². The van der Waals surface area contributed by atoms with Crippen LogP contribution >= 0.6 is 11.3 Å². The van der Waals surface area contributed by atoms with E-state index in [-0.39, 0.29) is 24.7 Å². The second-order valence-electron chi connectivity index (χ2n) is 6.03. The monoisotopic (exact) mass is 379 g/mol. The number of nitrogens with zero attached hydrogens (tertiary/aromatic N) is 1. The van der Waals surface area contributed by atoms with Gasteiger partial charge in [-0.1, -0.05) is 0 Å². The first-order chi connectivity index (χ1) is 12.6. The van der Waals surface area contributed by atoms with Gasteiger partial charge in [0.25, 0.3) is 0 Å². The molecular formula is C18H21NO6S. The van der Waals surface area contributed by atoms with Crippen molar-refractivity contribution in [2.24, 2.45) is 0 Å². The molecule has 1 N–H and O–H groups in total. The van der Waals surface area contributed by atoms with Crippen LogP contribution in [0.3, 0.4) is 0 Å². The van der Waals surface area contributed by atoms with Crippen LogP contribution in [0.1, 0.15) is 29.4 Å². The zero-order valence-corrected chi connectivity index (χ0v) is 15.3. The Hall–Kier alpha value is -2.16. The number of amides is 1. The Kier molecular flexibility index (Phi) is 6.08. The molecule has 2 aromatic rings. The molecule has 3 heterocycles. The summed E-state index contributed by atoms with van der Waals surface area (Å²) < 4.78 is 16.0. The van der Waals surface area contributed by atoms with E-state index in [2.05, 4.69) is 0 Å². The molecule has 1 aliphatic rings. The summed E-state index contributed by atoms with van der Waals surface area (Å²) in [6.45, 7) is 2.21. The Labute approximate surface area is 154 Å². The van der Waals surface area contributed by atoms with Crippen molar-refractivity contribution in [2.75, 3.05) is 33.4 Å². The molecule has 0 aliphatic carbocycles. The van der Waals surface area contributed by atoms with Gasteiger partial charge in [0.05, 0.1) is 19.1 Å².